The van der Waals surface area contributed by atoms with Crippen LogP contribution < -0.4 is 15.8 Å². The van der Waals surface area contributed by atoms with Crippen LogP contribution in [0.1, 0.15) is 0 Å². The second-order valence-corrected chi connectivity index (χ2v) is 5.71. The van der Waals surface area contributed by atoms with Gasteiger partial charge in [0.1, 0.15) is 0 Å². The van der Waals surface area contributed by atoms with Crippen LogP contribution in [0.5, 0.6) is 0 Å². The van der Waals surface area contributed by atoms with Crippen molar-refractivity contribution in [3.05, 3.63) is 24.3 Å². The first kappa shape index (κ1) is 13.3. The van der Waals surface area contributed by atoms with Crippen molar-refractivity contribution in [1.82, 2.24) is 5.32 Å². The fourth-order valence-electron chi connectivity index (χ4n) is 1.74. The highest BCUT2D eigenvalue weighted by atomic mass is 32.2. The Hall–Kier alpha value is -1.15. The van der Waals surface area contributed by atoms with Gasteiger partial charge < -0.3 is 15.4 Å². The molecule has 0 aromatic heterocycles. The molecule has 1 aromatic rings. The van der Waals surface area contributed by atoms with Crippen molar-refractivity contribution in [2.45, 2.75) is 11.0 Å². The molecule has 100 valence electrons. The van der Waals surface area contributed by atoms with Gasteiger partial charge in [0.05, 0.1) is 17.6 Å². The molecule has 1 aliphatic rings. The standard InChI is InChI=1S/C11H17N3O3S/c12-18(15,16)11-3-1-9(2-4-11)14-8-10-7-13-5-6-17-10/h1-4,10,13-14H,5-8H2,(H2,12,15,16). The molecular weight excluding hydrogens is 254 g/mol. The van der Waals surface area contributed by atoms with E-state index in [9.17, 15) is 8.42 Å². The molecular formula is C11H17N3O3S. The lowest BCUT2D eigenvalue weighted by atomic mass is 10.2. The zero-order valence-corrected chi connectivity index (χ0v) is 10.7. The average molecular weight is 271 g/mol. The van der Waals surface area contributed by atoms with Crippen molar-refractivity contribution < 1.29 is 13.2 Å². The molecule has 0 bridgehead atoms. The highest BCUT2D eigenvalue weighted by Crippen LogP contribution is 2.12. The Morgan fingerprint density at radius 2 is 2.11 bits per heavy atom. The van der Waals surface area contributed by atoms with E-state index in [-0.39, 0.29) is 11.0 Å². The summed E-state index contributed by atoms with van der Waals surface area (Å²) in [5.41, 5.74) is 0.844. The molecule has 1 aromatic carbocycles. The molecule has 18 heavy (non-hydrogen) atoms. The van der Waals surface area contributed by atoms with E-state index in [2.05, 4.69) is 10.6 Å². The molecule has 1 unspecified atom stereocenters. The number of benzene rings is 1. The van der Waals surface area contributed by atoms with Crippen molar-refractivity contribution in [2.24, 2.45) is 5.14 Å². The molecule has 0 saturated carbocycles. The molecule has 4 N–H and O–H groups in total. The third-order valence-electron chi connectivity index (χ3n) is 2.72. The van der Waals surface area contributed by atoms with Crippen molar-refractivity contribution in [1.29, 1.82) is 0 Å². The van der Waals surface area contributed by atoms with E-state index >= 15 is 0 Å². The SMILES string of the molecule is NS(=O)(=O)c1ccc(NCC2CNCCO2)cc1. The Kier molecular flexibility index (Phi) is 4.18. The van der Waals surface area contributed by atoms with Gasteiger partial charge in [-0.1, -0.05) is 0 Å². The Balaban J connectivity index is 1.90. The van der Waals surface area contributed by atoms with E-state index in [1.807, 2.05) is 0 Å². The summed E-state index contributed by atoms with van der Waals surface area (Å²) in [7, 11) is -3.62. The summed E-state index contributed by atoms with van der Waals surface area (Å²) >= 11 is 0. The van der Waals surface area contributed by atoms with Crippen molar-refractivity contribution in [3.8, 4) is 0 Å². The van der Waals surface area contributed by atoms with Crippen LogP contribution in [0.3, 0.4) is 0 Å². The number of rotatable bonds is 4. The lowest BCUT2D eigenvalue weighted by Gasteiger charge is -2.24. The second kappa shape index (κ2) is 5.66. The van der Waals surface area contributed by atoms with Crippen LogP contribution >= 0.6 is 0 Å². The van der Waals surface area contributed by atoms with Crippen molar-refractivity contribution >= 4 is 15.7 Å². The molecule has 1 heterocycles. The monoisotopic (exact) mass is 271 g/mol. The number of ether oxygens (including phenoxy) is 1. The molecule has 0 spiro atoms. The highest BCUT2D eigenvalue weighted by Gasteiger charge is 2.13. The van der Waals surface area contributed by atoms with Gasteiger partial charge >= 0.3 is 0 Å². The maximum atomic E-state index is 11.1. The van der Waals surface area contributed by atoms with Crippen LogP contribution in [0.4, 0.5) is 5.69 Å². The number of nitrogens with two attached hydrogens (primary N) is 1. The van der Waals surface area contributed by atoms with E-state index in [0.29, 0.717) is 6.54 Å². The largest absolute Gasteiger partial charge is 0.382 e. The molecule has 1 fully saturated rings. The second-order valence-electron chi connectivity index (χ2n) is 4.15. The zero-order chi connectivity index (χ0) is 13.0. The highest BCUT2D eigenvalue weighted by molar-refractivity contribution is 7.89. The summed E-state index contributed by atoms with van der Waals surface area (Å²) in [6, 6.07) is 6.35. The van der Waals surface area contributed by atoms with Gasteiger partial charge in [-0.2, -0.15) is 0 Å². The van der Waals surface area contributed by atoms with E-state index in [1.165, 1.54) is 12.1 Å². The average Bonchev–Trinajstić information content (AvgIpc) is 2.37. The van der Waals surface area contributed by atoms with Crippen molar-refractivity contribution in [2.75, 3.05) is 31.6 Å². The van der Waals surface area contributed by atoms with Crippen LogP contribution in [0, 0.1) is 0 Å². The first-order valence-corrected chi connectivity index (χ1v) is 7.29. The van der Waals surface area contributed by atoms with Crippen LogP contribution in [-0.4, -0.2) is 40.8 Å². The maximum absolute atomic E-state index is 11.1. The molecule has 1 atom stereocenters. The Morgan fingerprint density at radius 1 is 1.39 bits per heavy atom. The summed E-state index contributed by atoms with van der Waals surface area (Å²) in [5.74, 6) is 0. The number of hydrogen-bond donors (Lipinski definition) is 3. The normalized spacial score (nSPS) is 20.6. The van der Waals surface area contributed by atoms with Crippen LogP contribution in [-0.2, 0) is 14.8 Å². The van der Waals surface area contributed by atoms with E-state index in [4.69, 9.17) is 9.88 Å². The van der Waals surface area contributed by atoms with Gasteiger partial charge in [0.15, 0.2) is 0 Å². The first-order valence-electron chi connectivity index (χ1n) is 5.75. The minimum Gasteiger partial charge on any atom is -0.382 e. The van der Waals surface area contributed by atoms with Gasteiger partial charge in [0.25, 0.3) is 0 Å². The third kappa shape index (κ3) is 3.67. The van der Waals surface area contributed by atoms with Gasteiger partial charge in [-0.15, -0.1) is 0 Å². The molecule has 0 amide bonds. The Morgan fingerprint density at radius 3 is 2.67 bits per heavy atom. The van der Waals surface area contributed by atoms with Crippen molar-refractivity contribution in [3.63, 3.8) is 0 Å². The minimum absolute atomic E-state index is 0.114. The molecule has 1 saturated heterocycles. The number of primary sulfonamides is 1. The lowest BCUT2D eigenvalue weighted by molar-refractivity contribution is 0.0372. The van der Waals surface area contributed by atoms with Gasteiger partial charge in [0.2, 0.25) is 10.0 Å². The number of sulfonamides is 1. The summed E-state index contributed by atoms with van der Waals surface area (Å²) in [5, 5.41) is 11.5. The van der Waals surface area contributed by atoms with Gasteiger partial charge in [-0.3, -0.25) is 0 Å². The molecule has 6 nitrogen and oxygen atoms in total. The molecule has 2 rings (SSSR count). The third-order valence-corrected chi connectivity index (χ3v) is 3.65. The van der Waals surface area contributed by atoms with Gasteiger partial charge in [0, 0.05) is 25.3 Å². The molecule has 0 radical (unpaired) electrons. The minimum atomic E-state index is -3.62. The van der Waals surface area contributed by atoms with Crippen LogP contribution in [0.2, 0.25) is 0 Å². The fourth-order valence-corrected chi connectivity index (χ4v) is 2.26. The summed E-state index contributed by atoms with van der Waals surface area (Å²) in [4.78, 5) is 0.114. The quantitative estimate of drug-likeness (QED) is 0.701. The topological polar surface area (TPSA) is 93.5 Å². The van der Waals surface area contributed by atoms with Crippen LogP contribution in [0.15, 0.2) is 29.2 Å². The summed E-state index contributed by atoms with van der Waals surface area (Å²) in [6.45, 7) is 3.11. The zero-order valence-electron chi connectivity index (χ0n) is 9.93. The fraction of sp³-hybridized carbons (Fsp3) is 0.455. The molecule has 0 aliphatic carbocycles. The Labute approximate surface area is 107 Å². The van der Waals surface area contributed by atoms with Gasteiger partial charge in [-0.05, 0) is 24.3 Å². The maximum Gasteiger partial charge on any atom is 0.238 e. The van der Waals surface area contributed by atoms with E-state index < -0.39 is 10.0 Å². The summed E-state index contributed by atoms with van der Waals surface area (Å²) in [6.07, 6.45) is 0.136. The number of nitrogens with one attached hydrogen (secondary N) is 2. The number of morpholine rings is 1. The van der Waals surface area contributed by atoms with E-state index in [0.717, 1.165) is 25.4 Å². The smallest absolute Gasteiger partial charge is 0.238 e. The predicted octanol–water partition coefficient (Wildman–Crippen LogP) is -0.266. The number of hydrogen-bond acceptors (Lipinski definition) is 5. The molecule has 1 aliphatic heterocycles. The van der Waals surface area contributed by atoms with Crippen LogP contribution in [0.25, 0.3) is 0 Å². The Bertz CT molecular complexity index is 481. The predicted molar refractivity (Wildman–Crippen MR) is 68.9 cm³/mol. The number of anilines is 1. The summed E-state index contributed by atoms with van der Waals surface area (Å²) < 4.78 is 27.7. The first-order chi connectivity index (χ1) is 8.55. The lowest BCUT2D eigenvalue weighted by Crippen LogP contribution is -2.42. The van der Waals surface area contributed by atoms with Gasteiger partial charge in [-0.25, -0.2) is 13.6 Å². The van der Waals surface area contributed by atoms with E-state index in [1.54, 1.807) is 12.1 Å². The molecule has 7 heteroatoms.